The topological polar surface area (TPSA) is 77.2 Å². The van der Waals surface area contributed by atoms with Gasteiger partial charge in [0.05, 0.1) is 5.69 Å². The first-order chi connectivity index (χ1) is 17.0. The third-order valence-electron chi connectivity index (χ3n) is 6.35. The Balaban J connectivity index is 1.64. The zero-order valence-corrected chi connectivity index (χ0v) is 20.4. The number of aromatic nitrogens is 2. The molecular formula is C26H25FN6OS. The molecule has 0 bridgehead atoms. The van der Waals surface area contributed by atoms with Crippen molar-refractivity contribution in [2.24, 2.45) is 0 Å². The van der Waals surface area contributed by atoms with Crippen LogP contribution in [0.25, 0.3) is 22.0 Å². The maximum absolute atomic E-state index is 13.4. The lowest BCUT2D eigenvalue weighted by Gasteiger charge is -2.30. The lowest BCUT2D eigenvalue weighted by atomic mass is 10.1. The van der Waals surface area contributed by atoms with Gasteiger partial charge in [0, 0.05) is 68.0 Å². The molecule has 1 aliphatic rings. The Morgan fingerprint density at radius 1 is 1.17 bits per heavy atom. The number of rotatable bonds is 5. The summed E-state index contributed by atoms with van der Waals surface area (Å²) in [5.41, 5.74) is 3.08. The zero-order chi connectivity index (χ0) is 24.5. The average Bonchev–Trinajstić information content (AvgIpc) is 3.34. The first-order valence-electron chi connectivity index (χ1n) is 11.5. The summed E-state index contributed by atoms with van der Waals surface area (Å²) in [5, 5.41) is 15.2. The maximum Gasteiger partial charge on any atom is 0.258 e. The largest absolute Gasteiger partial charge is 0.369 e. The van der Waals surface area contributed by atoms with Gasteiger partial charge < -0.3 is 19.7 Å². The predicted molar refractivity (Wildman–Crippen MR) is 139 cm³/mol. The molecule has 2 aromatic carbocycles. The highest BCUT2D eigenvalue weighted by Crippen LogP contribution is 2.38. The summed E-state index contributed by atoms with van der Waals surface area (Å²) in [6.45, 7) is 6.13. The van der Waals surface area contributed by atoms with Crippen molar-refractivity contribution in [3.05, 3.63) is 69.7 Å². The second-order valence-electron chi connectivity index (χ2n) is 8.42. The molecule has 0 radical (unpaired) electrons. The minimum Gasteiger partial charge on any atom is -0.369 e. The molecule has 35 heavy (non-hydrogen) atoms. The van der Waals surface area contributed by atoms with E-state index in [2.05, 4.69) is 22.4 Å². The van der Waals surface area contributed by atoms with Gasteiger partial charge in [-0.1, -0.05) is 11.3 Å². The van der Waals surface area contributed by atoms with E-state index < -0.39 is 0 Å². The van der Waals surface area contributed by atoms with Crippen molar-refractivity contribution in [1.29, 1.82) is 5.26 Å². The maximum atomic E-state index is 13.4. The summed E-state index contributed by atoms with van der Waals surface area (Å²) < 4.78 is 15.1. The summed E-state index contributed by atoms with van der Waals surface area (Å²) in [6.07, 6.45) is 1.86. The zero-order valence-electron chi connectivity index (χ0n) is 19.6. The number of nitriles is 1. The summed E-state index contributed by atoms with van der Waals surface area (Å²) >= 11 is 1.27. The van der Waals surface area contributed by atoms with Gasteiger partial charge in [-0.2, -0.15) is 5.26 Å². The van der Waals surface area contributed by atoms with Gasteiger partial charge >= 0.3 is 0 Å². The Hall–Kier alpha value is -3.74. The van der Waals surface area contributed by atoms with Crippen LogP contribution >= 0.6 is 11.3 Å². The monoisotopic (exact) mass is 488 g/mol. The van der Waals surface area contributed by atoms with Crippen LogP contribution in [-0.4, -0.2) is 42.8 Å². The fourth-order valence-electron chi connectivity index (χ4n) is 4.42. The Morgan fingerprint density at radius 2 is 1.91 bits per heavy atom. The van der Waals surface area contributed by atoms with E-state index in [0.29, 0.717) is 33.2 Å². The molecule has 1 saturated heterocycles. The lowest BCUT2D eigenvalue weighted by molar-refractivity contribution is 0.589. The molecule has 5 rings (SSSR count). The third kappa shape index (κ3) is 4.27. The van der Waals surface area contributed by atoms with E-state index in [-0.39, 0.29) is 11.4 Å². The van der Waals surface area contributed by atoms with E-state index in [9.17, 15) is 14.4 Å². The van der Waals surface area contributed by atoms with Gasteiger partial charge in [-0.15, -0.1) is 0 Å². The number of nitrogens with one attached hydrogen (secondary N) is 1. The second-order valence-corrected chi connectivity index (χ2v) is 9.40. The number of nitrogens with zero attached hydrogens (tertiary/aromatic N) is 5. The Kier molecular flexibility index (Phi) is 6.24. The van der Waals surface area contributed by atoms with E-state index in [4.69, 9.17) is 4.98 Å². The number of hydrogen-bond donors (Lipinski definition) is 1. The van der Waals surface area contributed by atoms with Crippen LogP contribution in [0.1, 0.15) is 11.8 Å². The SMILES string of the molecule is CCn1cc(N(C)c2nc(-c3ccc(F)cc3)c(C#N)s2)c2cc(N3CCNCC3)ccc2c1=O. The van der Waals surface area contributed by atoms with E-state index >= 15 is 0 Å². The van der Waals surface area contributed by atoms with Crippen LogP contribution in [0.5, 0.6) is 0 Å². The molecule has 7 nitrogen and oxygen atoms in total. The van der Waals surface area contributed by atoms with Crippen molar-refractivity contribution in [1.82, 2.24) is 14.9 Å². The molecule has 0 aliphatic carbocycles. The molecule has 178 valence electrons. The molecule has 0 atom stereocenters. The van der Waals surface area contributed by atoms with E-state index in [1.807, 2.05) is 37.2 Å². The summed E-state index contributed by atoms with van der Waals surface area (Å²) in [6, 6.07) is 14.2. The predicted octanol–water partition coefficient (Wildman–Crippen LogP) is 4.33. The molecule has 9 heteroatoms. The molecule has 0 saturated carbocycles. The number of thiazole rings is 1. The highest BCUT2D eigenvalue weighted by atomic mass is 32.1. The van der Waals surface area contributed by atoms with E-state index in [0.717, 1.165) is 42.9 Å². The number of anilines is 3. The van der Waals surface area contributed by atoms with Crippen LogP contribution in [0.4, 0.5) is 20.9 Å². The van der Waals surface area contributed by atoms with E-state index in [1.54, 1.807) is 16.7 Å². The standard InChI is InChI=1S/C26H25FN6OS/c1-3-32-16-22(21-14-19(8-9-20(21)25(32)34)33-12-10-29-11-13-33)31(2)26-30-24(23(15-28)35-26)17-4-6-18(27)7-5-17/h4-9,14,16,29H,3,10-13H2,1-2H3. The molecular weight excluding hydrogens is 463 g/mol. The highest BCUT2D eigenvalue weighted by molar-refractivity contribution is 7.16. The molecule has 0 unspecified atom stereocenters. The van der Waals surface area contributed by atoms with Crippen molar-refractivity contribution < 1.29 is 4.39 Å². The molecule has 0 spiro atoms. The first-order valence-corrected chi connectivity index (χ1v) is 12.3. The third-order valence-corrected chi connectivity index (χ3v) is 7.39. The molecule has 3 heterocycles. The van der Waals surface area contributed by atoms with Crippen LogP contribution in [0.2, 0.25) is 0 Å². The average molecular weight is 489 g/mol. The highest BCUT2D eigenvalue weighted by Gasteiger charge is 2.21. The molecule has 0 amide bonds. The lowest BCUT2D eigenvalue weighted by Crippen LogP contribution is -2.43. The molecule has 1 aliphatic heterocycles. The number of halogens is 1. The normalized spacial score (nSPS) is 13.7. The summed E-state index contributed by atoms with van der Waals surface area (Å²) in [5.74, 6) is -0.339. The van der Waals surface area contributed by atoms with Crippen molar-refractivity contribution in [2.75, 3.05) is 43.0 Å². The van der Waals surface area contributed by atoms with Crippen molar-refractivity contribution >= 4 is 38.6 Å². The van der Waals surface area contributed by atoms with Crippen LogP contribution in [0.3, 0.4) is 0 Å². The number of aryl methyl sites for hydroxylation is 1. The number of piperazine rings is 1. The Labute approximate surface area is 206 Å². The number of hydrogen-bond acceptors (Lipinski definition) is 7. The number of fused-ring (bicyclic) bond motifs is 1. The van der Waals surface area contributed by atoms with Crippen LogP contribution in [0, 0.1) is 17.1 Å². The minimum atomic E-state index is -0.339. The second kappa shape index (κ2) is 9.49. The fraction of sp³-hybridized carbons (Fsp3) is 0.269. The van der Waals surface area contributed by atoms with E-state index in [1.165, 1.54) is 23.5 Å². The smallest absolute Gasteiger partial charge is 0.258 e. The van der Waals surface area contributed by atoms with Gasteiger partial charge in [0.2, 0.25) is 0 Å². The van der Waals surface area contributed by atoms with Crippen molar-refractivity contribution in [3.8, 4) is 17.3 Å². The van der Waals surface area contributed by atoms with Crippen LogP contribution in [-0.2, 0) is 6.54 Å². The minimum absolute atomic E-state index is 0.0321. The Bertz CT molecular complexity index is 1480. The number of pyridine rings is 1. The van der Waals surface area contributed by atoms with Crippen LogP contribution < -0.4 is 20.7 Å². The van der Waals surface area contributed by atoms with Gasteiger partial charge in [0.1, 0.15) is 22.5 Å². The first kappa shape index (κ1) is 23.0. The van der Waals surface area contributed by atoms with Crippen molar-refractivity contribution in [3.63, 3.8) is 0 Å². The quantitative estimate of drug-likeness (QED) is 0.451. The Morgan fingerprint density at radius 3 is 2.60 bits per heavy atom. The molecule has 1 fully saturated rings. The van der Waals surface area contributed by atoms with Gasteiger partial charge in [-0.3, -0.25) is 4.79 Å². The molecule has 4 aromatic rings. The van der Waals surface area contributed by atoms with Gasteiger partial charge in [-0.05, 0) is 49.4 Å². The fourth-order valence-corrected chi connectivity index (χ4v) is 5.28. The van der Waals surface area contributed by atoms with Crippen molar-refractivity contribution in [2.45, 2.75) is 13.5 Å². The van der Waals surface area contributed by atoms with Gasteiger partial charge in [0.15, 0.2) is 5.13 Å². The molecule has 2 aromatic heterocycles. The van der Waals surface area contributed by atoms with Gasteiger partial charge in [-0.25, -0.2) is 9.37 Å². The molecule has 1 N–H and O–H groups in total. The summed E-state index contributed by atoms with van der Waals surface area (Å²) in [4.78, 5) is 22.5. The van der Waals surface area contributed by atoms with Gasteiger partial charge in [0.25, 0.3) is 5.56 Å². The van der Waals surface area contributed by atoms with Crippen LogP contribution in [0.15, 0.2) is 53.5 Å². The number of benzene rings is 2. The summed E-state index contributed by atoms with van der Waals surface area (Å²) in [7, 11) is 1.89.